The third kappa shape index (κ3) is 6.62. The number of nitrogens with zero attached hydrogens (tertiary/aromatic N) is 2. The van der Waals surface area contributed by atoms with Crippen LogP contribution in [0, 0.1) is 12.3 Å². The number of hydrogen-bond acceptors (Lipinski definition) is 7. The van der Waals surface area contributed by atoms with Crippen LogP contribution in [0.5, 0.6) is 0 Å². The van der Waals surface area contributed by atoms with Gasteiger partial charge in [-0.15, -0.1) is 11.3 Å². The molecular formula is C25H34N4O4S2. The third-order valence-electron chi connectivity index (χ3n) is 6.07. The Kier molecular flexibility index (Phi) is 8.61. The molecule has 1 aromatic heterocycles. The summed E-state index contributed by atoms with van der Waals surface area (Å²) in [6.07, 6.45) is -0.661. The van der Waals surface area contributed by atoms with Crippen molar-refractivity contribution < 1.29 is 19.5 Å². The summed E-state index contributed by atoms with van der Waals surface area (Å²) in [5, 5.41) is 15.4. The summed E-state index contributed by atoms with van der Waals surface area (Å²) in [5.41, 5.74) is 4.19. The van der Waals surface area contributed by atoms with Crippen LogP contribution in [0.1, 0.15) is 45.4 Å². The number of carbonyl (C=O) groups is 3. The number of aromatic nitrogens is 1. The Bertz CT molecular complexity index is 1060. The van der Waals surface area contributed by atoms with Gasteiger partial charge in [0.2, 0.25) is 17.7 Å². The van der Waals surface area contributed by atoms with Crippen molar-refractivity contribution in [3.8, 4) is 10.4 Å². The molecule has 1 aliphatic heterocycles. The first-order valence-electron chi connectivity index (χ1n) is 11.6. The van der Waals surface area contributed by atoms with E-state index in [-0.39, 0.29) is 30.7 Å². The second-order valence-electron chi connectivity index (χ2n) is 10.1. The van der Waals surface area contributed by atoms with Crippen molar-refractivity contribution in [3.05, 3.63) is 41.0 Å². The quantitative estimate of drug-likeness (QED) is 0.421. The molecule has 0 radical (unpaired) electrons. The van der Waals surface area contributed by atoms with Crippen molar-refractivity contribution in [2.75, 3.05) is 6.54 Å². The molecule has 3 amide bonds. The van der Waals surface area contributed by atoms with Gasteiger partial charge in [0.25, 0.3) is 0 Å². The van der Waals surface area contributed by atoms with Crippen molar-refractivity contribution in [2.24, 2.45) is 5.41 Å². The Morgan fingerprint density at radius 1 is 1.26 bits per heavy atom. The van der Waals surface area contributed by atoms with Crippen molar-refractivity contribution in [3.63, 3.8) is 0 Å². The van der Waals surface area contributed by atoms with Crippen molar-refractivity contribution in [1.29, 1.82) is 0 Å². The lowest BCUT2D eigenvalue weighted by Gasteiger charge is -2.35. The molecule has 35 heavy (non-hydrogen) atoms. The normalized spacial score (nSPS) is 19.8. The number of aliphatic hydroxyl groups is 1. The van der Waals surface area contributed by atoms with Gasteiger partial charge < -0.3 is 20.6 Å². The van der Waals surface area contributed by atoms with E-state index in [1.807, 2.05) is 57.5 Å². The maximum Gasteiger partial charge on any atom is 0.246 e. The molecule has 10 heteroatoms. The van der Waals surface area contributed by atoms with E-state index in [1.165, 1.54) is 4.90 Å². The molecule has 1 fully saturated rings. The number of nitrogens with one attached hydrogen (secondary N) is 2. The number of amides is 3. The molecule has 0 bridgehead atoms. The summed E-state index contributed by atoms with van der Waals surface area (Å²) in [7, 11) is 0. The standard InChI is InChI=1S/C25H34N4O4S2/c1-14-20(35-13-27-14)17-8-6-16(7-9-17)11-26-23(32)19-10-18(30)12-29(19)24(33)21(25(3,4)5)28-22(31)15(2)34/h6-9,13,15,18-19,21,30,34H,10-12H2,1-5H3,(H,26,32)(H,28,31)/t15?,18-,19+,21-/m1/s1. The highest BCUT2D eigenvalue weighted by atomic mass is 32.1. The Morgan fingerprint density at radius 2 is 1.91 bits per heavy atom. The fourth-order valence-electron chi connectivity index (χ4n) is 4.04. The van der Waals surface area contributed by atoms with Crippen molar-refractivity contribution in [2.45, 2.75) is 71.0 Å². The van der Waals surface area contributed by atoms with E-state index in [4.69, 9.17) is 0 Å². The highest BCUT2D eigenvalue weighted by molar-refractivity contribution is 7.81. The number of rotatable bonds is 7. The zero-order chi connectivity index (χ0) is 25.9. The van der Waals surface area contributed by atoms with E-state index < -0.39 is 28.9 Å². The van der Waals surface area contributed by atoms with E-state index in [0.717, 1.165) is 21.7 Å². The molecule has 1 aliphatic rings. The fraction of sp³-hybridized carbons (Fsp3) is 0.520. The summed E-state index contributed by atoms with van der Waals surface area (Å²) in [4.78, 5) is 45.6. The molecule has 3 rings (SSSR count). The van der Waals surface area contributed by atoms with Gasteiger partial charge in [0, 0.05) is 19.5 Å². The van der Waals surface area contributed by atoms with E-state index in [1.54, 1.807) is 18.3 Å². The minimum absolute atomic E-state index is 0.0404. The Balaban J connectivity index is 1.68. The zero-order valence-corrected chi connectivity index (χ0v) is 22.5. The van der Waals surface area contributed by atoms with Crippen molar-refractivity contribution >= 4 is 41.7 Å². The molecule has 1 aromatic carbocycles. The lowest BCUT2D eigenvalue weighted by molar-refractivity contribution is -0.144. The van der Waals surface area contributed by atoms with Gasteiger partial charge in [0.05, 0.1) is 27.4 Å². The Labute approximate surface area is 215 Å². The third-order valence-corrected chi connectivity index (χ3v) is 7.28. The zero-order valence-electron chi connectivity index (χ0n) is 20.7. The predicted molar refractivity (Wildman–Crippen MR) is 140 cm³/mol. The SMILES string of the molecule is Cc1ncsc1-c1ccc(CNC(=O)[C@@H]2C[C@@H](O)CN2C(=O)[C@@H](NC(=O)C(C)S)C(C)(C)C)cc1. The minimum Gasteiger partial charge on any atom is -0.391 e. The number of thiazole rings is 1. The topological polar surface area (TPSA) is 112 Å². The number of hydrogen-bond donors (Lipinski definition) is 4. The van der Waals surface area contributed by atoms with Crippen LogP contribution in [0.2, 0.25) is 0 Å². The molecule has 2 aromatic rings. The molecule has 2 heterocycles. The van der Waals surface area contributed by atoms with Gasteiger partial charge in [-0.2, -0.15) is 12.6 Å². The van der Waals surface area contributed by atoms with Gasteiger partial charge >= 0.3 is 0 Å². The number of β-amino-alcohol motifs (C(OH)–C–C–N with tert-alkyl or cyclic N) is 1. The summed E-state index contributed by atoms with van der Waals surface area (Å²) in [6.45, 7) is 9.47. The molecule has 1 unspecified atom stereocenters. The van der Waals surface area contributed by atoms with E-state index >= 15 is 0 Å². The highest BCUT2D eigenvalue weighted by Crippen LogP contribution is 2.28. The summed E-state index contributed by atoms with van der Waals surface area (Å²) < 4.78 is 0. The van der Waals surface area contributed by atoms with Crippen LogP contribution in [0.4, 0.5) is 0 Å². The second kappa shape index (κ2) is 11.1. The number of likely N-dealkylation sites (tertiary alicyclic amines) is 1. The largest absolute Gasteiger partial charge is 0.391 e. The predicted octanol–water partition coefficient (Wildman–Crippen LogP) is 2.55. The average Bonchev–Trinajstić information content (AvgIpc) is 3.40. The van der Waals surface area contributed by atoms with Crippen LogP contribution in [-0.4, -0.2) is 62.7 Å². The minimum atomic E-state index is -0.854. The lowest BCUT2D eigenvalue weighted by Crippen LogP contribution is -2.58. The van der Waals surface area contributed by atoms with Crippen LogP contribution in [0.25, 0.3) is 10.4 Å². The monoisotopic (exact) mass is 518 g/mol. The van der Waals surface area contributed by atoms with Crippen LogP contribution in [0.15, 0.2) is 29.8 Å². The first kappa shape index (κ1) is 27.2. The summed E-state index contributed by atoms with van der Waals surface area (Å²) >= 11 is 5.74. The van der Waals surface area contributed by atoms with E-state index in [0.29, 0.717) is 6.54 Å². The highest BCUT2D eigenvalue weighted by Gasteiger charge is 2.44. The molecule has 0 spiro atoms. The molecular weight excluding hydrogens is 484 g/mol. The van der Waals surface area contributed by atoms with Gasteiger partial charge in [0.15, 0.2) is 0 Å². The summed E-state index contributed by atoms with van der Waals surface area (Å²) in [6, 6.07) is 6.22. The summed E-state index contributed by atoms with van der Waals surface area (Å²) in [5.74, 6) is -1.08. The lowest BCUT2D eigenvalue weighted by atomic mass is 9.85. The van der Waals surface area contributed by atoms with Crippen LogP contribution < -0.4 is 10.6 Å². The average molecular weight is 519 g/mol. The van der Waals surface area contributed by atoms with Gasteiger partial charge in [0.1, 0.15) is 12.1 Å². The van der Waals surface area contributed by atoms with Gasteiger partial charge in [-0.25, -0.2) is 4.98 Å². The van der Waals surface area contributed by atoms with Crippen LogP contribution >= 0.6 is 24.0 Å². The molecule has 1 saturated heterocycles. The number of aliphatic hydroxyl groups excluding tert-OH is 1. The molecule has 4 atom stereocenters. The molecule has 3 N–H and O–H groups in total. The second-order valence-corrected chi connectivity index (χ2v) is 11.7. The molecule has 8 nitrogen and oxygen atoms in total. The molecule has 190 valence electrons. The van der Waals surface area contributed by atoms with Crippen LogP contribution in [-0.2, 0) is 20.9 Å². The van der Waals surface area contributed by atoms with Crippen LogP contribution in [0.3, 0.4) is 0 Å². The number of benzene rings is 1. The molecule has 0 aliphatic carbocycles. The molecule has 0 saturated carbocycles. The maximum atomic E-state index is 13.5. The fourth-order valence-corrected chi connectivity index (χ4v) is 4.93. The number of thiol groups is 1. The van der Waals surface area contributed by atoms with Gasteiger partial charge in [-0.3, -0.25) is 14.4 Å². The maximum absolute atomic E-state index is 13.5. The van der Waals surface area contributed by atoms with Gasteiger partial charge in [-0.1, -0.05) is 45.0 Å². The number of aryl methyl sites for hydroxylation is 1. The van der Waals surface area contributed by atoms with Crippen molar-refractivity contribution in [1.82, 2.24) is 20.5 Å². The first-order chi connectivity index (χ1) is 16.4. The van der Waals surface area contributed by atoms with E-state index in [2.05, 4.69) is 28.2 Å². The smallest absolute Gasteiger partial charge is 0.246 e. The number of carbonyl (C=O) groups excluding carboxylic acids is 3. The Morgan fingerprint density at radius 3 is 2.46 bits per heavy atom. The van der Waals surface area contributed by atoms with E-state index in [9.17, 15) is 19.5 Å². The first-order valence-corrected chi connectivity index (χ1v) is 13.0. The Hall–Kier alpha value is -2.43. The van der Waals surface area contributed by atoms with Gasteiger partial charge in [-0.05, 0) is 30.4 Å².